The van der Waals surface area contributed by atoms with Gasteiger partial charge in [0.15, 0.2) is 0 Å². The van der Waals surface area contributed by atoms with E-state index >= 15 is 0 Å². The van der Waals surface area contributed by atoms with Gasteiger partial charge < -0.3 is 9.52 Å². The molecule has 0 saturated carbocycles. The summed E-state index contributed by atoms with van der Waals surface area (Å²) < 4.78 is 6.60. The minimum absolute atomic E-state index is 0.0376. The first-order valence-corrected chi connectivity index (χ1v) is 7.06. The second-order valence-electron chi connectivity index (χ2n) is 4.82. The lowest BCUT2D eigenvalue weighted by Crippen LogP contribution is -2.07. The molecule has 6 heteroatoms. The van der Waals surface area contributed by atoms with Crippen LogP contribution in [0.4, 0.5) is 0 Å². The molecule has 0 bridgehead atoms. The van der Waals surface area contributed by atoms with Gasteiger partial charge >= 0.3 is 5.97 Å². The number of hydrogen-bond acceptors (Lipinski definition) is 4. The molecule has 0 aliphatic carbocycles. The van der Waals surface area contributed by atoms with Gasteiger partial charge in [-0.15, -0.1) is 10.2 Å². The fourth-order valence-corrected chi connectivity index (χ4v) is 2.32. The highest BCUT2D eigenvalue weighted by Crippen LogP contribution is 2.28. The number of aliphatic carboxylic acids is 1. The summed E-state index contributed by atoms with van der Waals surface area (Å²) in [5.74, 6) is 0.0685. The Bertz CT molecular complexity index is 625. The molecule has 1 aromatic carbocycles. The molecular weight excluding hydrogens is 324 g/mol. The number of nitrogens with zero attached hydrogens (tertiary/aromatic N) is 2. The molecule has 20 heavy (non-hydrogen) atoms. The van der Waals surface area contributed by atoms with Gasteiger partial charge in [-0.2, -0.15) is 0 Å². The van der Waals surface area contributed by atoms with Crippen LogP contribution in [0.5, 0.6) is 0 Å². The monoisotopic (exact) mass is 338 g/mol. The van der Waals surface area contributed by atoms with E-state index in [0.717, 1.165) is 15.6 Å². The van der Waals surface area contributed by atoms with Crippen LogP contribution in [0.3, 0.4) is 0 Å². The second kappa shape index (κ2) is 6.17. The fraction of sp³-hybridized carbons (Fsp3) is 0.357. The lowest BCUT2D eigenvalue weighted by Gasteiger charge is -2.04. The lowest BCUT2D eigenvalue weighted by molar-refractivity contribution is -0.137. The van der Waals surface area contributed by atoms with E-state index in [0.29, 0.717) is 18.2 Å². The number of benzene rings is 1. The van der Waals surface area contributed by atoms with Crippen molar-refractivity contribution in [3.05, 3.63) is 34.1 Å². The zero-order valence-corrected chi connectivity index (χ0v) is 12.8. The summed E-state index contributed by atoms with van der Waals surface area (Å²) in [4.78, 5) is 10.6. The van der Waals surface area contributed by atoms with Crippen molar-refractivity contribution in [2.24, 2.45) is 5.92 Å². The molecule has 1 heterocycles. The molecule has 1 aromatic heterocycles. The minimum Gasteiger partial charge on any atom is -0.481 e. The molecule has 1 unspecified atom stereocenters. The molecule has 0 spiro atoms. The number of halogens is 1. The van der Waals surface area contributed by atoms with E-state index in [9.17, 15) is 4.79 Å². The molecule has 1 N–H and O–H groups in total. The van der Waals surface area contributed by atoms with Crippen molar-refractivity contribution < 1.29 is 14.3 Å². The fourth-order valence-electron chi connectivity index (χ4n) is 1.95. The molecule has 0 aliphatic heterocycles. The number of rotatable bonds is 5. The predicted molar refractivity (Wildman–Crippen MR) is 77.3 cm³/mol. The third kappa shape index (κ3) is 3.45. The molecule has 0 radical (unpaired) electrons. The molecule has 0 fully saturated rings. The van der Waals surface area contributed by atoms with Crippen LogP contribution in [-0.2, 0) is 11.2 Å². The maximum atomic E-state index is 10.6. The van der Waals surface area contributed by atoms with Crippen LogP contribution in [0.2, 0.25) is 0 Å². The highest BCUT2D eigenvalue weighted by Gasteiger charge is 2.15. The number of carboxylic acid groups (broad SMARTS) is 1. The van der Waals surface area contributed by atoms with Gasteiger partial charge in [0.2, 0.25) is 11.8 Å². The van der Waals surface area contributed by atoms with Gasteiger partial charge in [0.05, 0.1) is 0 Å². The Labute approximate surface area is 125 Å². The molecule has 2 rings (SSSR count). The van der Waals surface area contributed by atoms with Crippen molar-refractivity contribution in [2.45, 2.75) is 26.7 Å². The van der Waals surface area contributed by atoms with Gasteiger partial charge in [-0.1, -0.05) is 28.9 Å². The normalized spacial score (nSPS) is 12.3. The quantitative estimate of drug-likeness (QED) is 0.903. The highest BCUT2D eigenvalue weighted by atomic mass is 79.9. The van der Waals surface area contributed by atoms with E-state index in [1.807, 2.05) is 32.0 Å². The third-order valence-corrected chi connectivity index (χ3v) is 3.87. The SMILES string of the molecule is Cc1c(Br)cccc1-c1nnc(CC(C)CC(=O)O)o1. The van der Waals surface area contributed by atoms with Crippen LogP contribution in [0, 0.1) is 12.8 Å². The third-order valence-electron chi connectivity index (χ3n) is 3.01. The van der Waals surface area contributed by atoms with Gasteiger partial charge in [-0.05, 0) is 30.5 Å². The zero-order valence-electron chi connectivity index (χ0n) is 11.3. The number of carbonyl (C=O) groups is 1. The van der Waals surface area contributed by atoms with Crippen LogP contribution in [-0.4, -0.2) is 21.3 Å². The van der Waals surface area contributed by atoms with Crippen LogP contribution in [0.25, 0.3) is 11.5 Å². The van der Waals surface area contributed by atoms with Gasteiger partial charge in [0.25, 0.3) is 0 Å². The second-order valence-corrected chi connectivity index (χ2v) is 5.67. The number of hydrogen-bond donors (Lipinski definition) is 1. The van der Waals surface area contributed by atoms with Crippen molar-refractivity contribution >= 4 is 21.9 Å². The Kier molecular flexibility index (Phi) is 4.54. The molecule has 0 saturated heterocycles. The van der Waals surface area contributed by atoms with E-state index < -0.39 is 5.97 Å². The highest BCUT2D eigenvalue weighted by molar-refractivity contribution is 9.10. The summed E-state index contributed by atoms with van der Waals surface area (Å²) >= 11 is 3.46. The maximum absolute atomic E-state index is 10.6. The molecule has 5 nitrogen and oxygen atoms in total. The van der Waals surface area contributed by atoms with Crippen molar-refractivity contribution in [2.75, 3.05) is 0 Å². The van der Waals surface area contributed by atoms with E-state index in [4.69, 9.17) is 9.52 Å². The average molecular weight is 339 g/mol. The Balaban J connectivity index is 2.17. The number of carboxylic acids is 1. The lowest BCUT2D eigenvalue weighted by atomic mass is 10.0. The van der Waals surface area contributed by atoms with Crippen LogP contribution in [0.15, 0.2) is 27.1 Å². The molecular formula is C14H15BrN2O3. The largest absolute Gasteiger partial charge is 0.481 e. The van der Waals surface area contributed by atoms with Crippen LogP contribution >= 0.6 is 15.9 Å². The van der Waals surface area contributed by atoms with Crippen LogP contribution < -0.4 is 0 Å². The molecule has 1 atom stereocenters. The summed E-state index contributed by atoms with van der Waals surface area (Å²) in [7, 11) is 0. The Hall–Kier alpha value is -1.69. The summed E-state index contributed by atoms with van der Waals surface area (Å²) in [5.41, 5.74) is 1.91. The Morgan fingerprint density at radius 3 is 2.90 bits per heavy atom. The first kappa shape index (κ1) is 14.7. The first-order chi connectivity index (χ1) is 9.47. The molecule has 2 aromatic rings. The van der Waals surface area contributed by atoms with Crippen molar-refractivity contribution in [1.82, 2.24) is 10.2 Å². The van der Waals surface area contributed by atoms with Gasteiger partial charge in [0, 0.05) is 22.9 Å². The molecule has 106 valence electrons. The van der Waals surface area contributed by atoms with Crippen molar-refractivity contribution in [3.63, 3.8) is 0 Å². The summed E-state index contributed by atoms with van der Waals surface area (Å²) in [6.45, 7) is 3.82. The summed E-state index contributed by atoms with van der Waals surface area (Å²) in [5, 5.41) is 16.8. The van der Waals surface area contributed by atoms with E-state index in [-0.39, 0.29) is 12.3 Å². The topological polar surface area (TPSA) is 76.2 Å². The Morgan fingerprint density at radius 2 is 2.20 bits per heavy atom. The first-order valence-electron chi connectivity index (χ1n) is 6.27. The molecule has 0 amide bonds. The smallest absolute Gasteiger partial charge is 0.303 e. The standard InChI is InChI=1S/C14H15BrN2O3/c1-8(7-13(18)19)6-12-16-17-14(20-12)10-4-3-5-11(15)9(10)2/h3-5,8H,6-7H2,1-2H3,(H,18,19). The van der Waals surface area contributed by atoms with Crippen molar-refractivity contribution in [3.8, 4) is 11.5 Å². The minimum atomic E-state index is -0.819. The van der Waals surface area contributed by atoms with Gasteiger partial charge in [0.1, 0.15) is 0 Å². The summed E-state index contributed by atoms with van der Waals surface area (Å²) in [6, 6.07) is 5.77. The Morgan fingerprint density at radius 1 is 1.45 bits per heavy atom. The zero-order chi connectivity index (χ0) is 14.7. The predicted octanol–water partition coefficient (Wildman–Crippen LogP) is 3.46. The van der Waals surface area contributed by atoms with E-state index in [1.165, 1.54) is 0 Å². The number of aromatic nitrogens is 2. The summed E-state index contributed by atoms with van der Waals surface area (Å²) in [6.07, 6.45) is 0.556. The van der Waals surface area contributed by atoms with Gasteiger partial charge in [-0.3, -0.25) is 4.79 Å². The average Bonchev–Trinajstić information content (AvgIpc) is 2.79. The van der Waals surface area contributed by atoms with Gasteiger partial charge in [-0.25, -0.2) is 0 Å². The van der Waals surface area contributed by atoms with E-state index in [1.54, 1.807) is 0 Å². The van der Waals surface area contributed by atoms with Crippen LogP contribution in [0.1, 0.15) is 24.8 Å². The maximum Gasteiger partial charge on any atom is 0.303 e. The van der Waals surface area contributed by atoms with Crippen molar-refractivity contribution in [1.29, 1.82) is 0 Å². The molecule has 0 aliphatic rings. The van der Waals surface area contributed by atoms with E-state index in [2.05, 4.69) is 26.1 Å².